The van der Waals surface area contributed by atoms with E-state index in [2.05, 4.69) is 21.4 Å². The van der Waals surface area contributed by atoms with E-state index >= 15 is 0 Å². The summed E-state index contributed by atoms with van der Waals surface area (Å²) < 4.78 is 27.1. The fraction of sp³-hybridized carbons (Fsp3) is 0.300. The zero-order valence-electron chi connectivity index (χ0n) is 15.3. The minimum atomic E-state index is -3.58. The Bertz CT molecular complexity index is 872. The molecule has 3 rings (SSSR count). The van der Waals surface area contributed by atoms with Crippen molar-refractivity contribution in [2.45, 2.75) is 6.92 Å². The molecule has 0 aliphatic carbocycles. The molecule has 0 saturated carbocycles. The average Bonchev–Trinajstić information content (AvgIpc) is 2.68. The molecule has 7 heteroatoms. The molecule has 1 heterocycles. The summed E-state index contributed by atoms with van der Waals surface area (Å²) in [5.74, 6) is 0. The summed E-state index contributed by atoms with van der Waals surface area (Å²) in [6.45, 7) is 7.35. The van der Waals surface area contributed by atoms with Gasteiger partial charge >= 0.3 is 0 Å². The lowest BCUT2D eigenvalue weighted by molar-refractivity contribution is 0.271. The zero-order valence-corrected chi connectivity index (χ0v) is 16.9. The van der Waals surface area contributed by atoms with Crippen LogP contribution in [0.15, 0.2) is 53.9 Å². The van der Waals surface area contributed by atoms with Crippen LogP contribution in [0.1, 0.15) is 12.5 Å². The van der Waals surface area contributed by atoms with Gasteiger partial charge in [-0.2, -0.15) is 0 Å². The molecule has 2 aromatic rings. The van der Waals surface area contributed by atoms with Crippen LogP contribution >= 0.6 is 11.6 Å². The Balaban J connectivity index is 1.61. The van der Waals surface area contributed by atoms with Crippen LogP contribution in [-0.2, 0) is 10.0 Å². The summed E-state index contributed by atoms with van der Waals surface area (Å²) in [5.41, 5.74) is 2.43. The summed E-state index contributed by atoms with van der Waals surface area (Å²) in [6.07, 6.45) is 1.54. The van der Waals surface area contributed by atoms with Crippen LogP contribution in [0.4, 0.5) is 11.4 Å². The maximum atomic E-state index is 12.3. The van der Waals surface area contributed by atoms with Crippen molar-refractivity contribution in [1.82, 2.24) is 4.90 Å². The third-order valence-electron chi connectivity index (χ3n) is 4.62. The third kappa shape index (κ3) is 5.73. The Morgan fingerprint density at radius 2 is 1.63 bits per heavy atom. The molecule has 0 radical (unpaired) electrons. The van der Waals surface area contributed by atoms with E-state index in [0.29, 0.717) is 10.7 Å². The van der Waals surface area contributed by atoms with Gasteiger partial charge in [-0.1, -0.05) is 30.7 Å². The molecule has 0 bridgehead atoms. The van der Waals surface area contributed by atoms with E-state index in [0.717, 1.165) is 49.4 Å². The molecule has 0 atom stereocenters. The first-order valence-corrected chi connectivity index (χ1v) is 10.9. The number of rotatable bonds is 6. The Morgan fingerprint density at radius 3 is 2.22 bits per heavy atom. The highest BCUT2D eigenvalue weighted by atomic mass is 35.5. The molecule has 27 heavy (non-hydrogen) atoms. The number of hydrogen-bond acceptors (Lipinski definition) is 4. The molecular formula is C20H24ClN3O2S. The summed E-state index contributed by atoms with van der Waals surface area (Å²) >= 11 is 5.83. The largest absolute Gasteiger partial charge is 0.369 e. The van der Waals surface area contributed by atoms with Gasteiger partial charge in [-0.15, -0.1) is 0 Å². The maximum Gasteiger partial charge on any atom is 0.255 e. The van der Waals surface area contributed by atoms with E-state index < -0.39 is 10.0 Å². The Kier molecular flexibility index (Phi) is 6.42. The van der Waals surface area contributed by atoms with Crippen LogP contribution in [0.3, 0.4) is 0 Å². The average molecular weight is 406 g/mol. The second kappa shape index (κ2) is 8.78. The summed E-state index contributed by atoms with van der Waals surface area (Å²) in [6, 6.07) is 14.5. The molecule has 1 saturated heterocycles. The van der Waals surface area contributed by atoms with Crippen molar-refractivity contribution >= 4 is 39.1 Å². The predicted octanol–water partition coefficient (Wildman–Crippen LogP) is 3.89. The van der Waals surface area contributed by atoms with Crippen LogP contribution in [0.2, 0.25) is 5.02 Å². The fourth-order valence-corrected chi connectivity index (χ4v) is 4.00. The van der Waals surface area contributed by atoms with E-state index in [9.17, 15) is 8.42 Å². The van der Waals surface area contributed by atoms with Crippen molar-refractivity contribution in [1.29, 1.82) is 0 Å². The van der Waals surface area contributed by atoms with Gasteiger partial charge in [-0.05, 0) is 54.6 Å². The van der Waals surface area contributed by atoms with E-state index in [-0.39, 0.29) is 0 Å². The lowest BCUT2D eigenvalue weighted by atomic mass is 10.2. The highest BCUT2D eigenvalue weighted by molar-refractivity contribution is 7.95. The molecule has 2 aromatic carbocycles. The van der Waals surface area contributed by atoms with Gasteiger partial charge in [0.2, 0.25) is 0 Å². The van der Waals surface area contributed by atoms with E-state index in [4.69, 9.17) is 11.6 Å². The van der Waals surface area contributed by atoms with Gasteiger partial charge in [0.15, 0.2) is 0 Å². The topological polar surface area (TPSA) is 52.6 Å². The van der Waals surface area contributed by atoms with Crippen molar-refractivity contribution in [3.05, 3.63) is 64.5 Å². The number of nitrogens with one attached hydrogen (secondary N) is 1. The van der Waals surface area contributed by atoms with Gasteiger partial charge in [0.25, 0.3) is 10.0 Å². The molecule has 0 aromatic heterocycles. The molecule has 1 N–H and O–H groups in total. The number of halogens is 1. The number of piperazine rings is 1. The molecule has 0 unspecified atom stereocenters. The highest BCUT2D eigenvalue weighted by Gasteiger charge is 2.15. The molecular weight excluding hydrogens is 382 g/mol. The molecule has 144 valence electrons. The molecule has 1 aliphatic heterocycles. The summed E-state index contributed by atoms with van der Waals surface area (Å²) in [7, 11) is -3.58. The number of benzene rings is 2. The SMILES string of the molecule is CCN1CCN(c2ccc(NS(=O)(=O)/C=C/c3ccc(Cl)cc3)cc2)CC1. The van der Waals surface area contributed by atoms with E-state index in [1.54, 1.807) is 42.5 Å². The quantitative estimate of drug-likeness (QED) is 0.792. The molecule has 0 amide bonds. The maximum absolute atomic E-state index is 12.3. The van der Waals surface area contributed by atoms with Crippen molar-refractivity contribution in [3.63, 3.8) is 0 Å². The monoisotopic (exact) mass is 405 g/mol. The van der Waals surface area contributed by atoms with E-state index in [1.807, 2.05) is 12.1 Å². The predicted molar refractivity (Wildman–Crippen MR) is 114 cm³/mol. The minimum absolute atomic E-state index is 0.548. The van der Waals surface area contributed by atoms with E-state index in [1.165, 1.54) is 0 Å². The Morgan fingerprint density at radius 1 is 1.00 bits per heavy atom. The zero-order chi connectivity index (χ0) is 19.3. The van der Waals surface area contributed by atoms with Crippen LogP contribution in [0.25, 0.3) is 6.08 Å². The Hall–Kier alpha value is -2.02. The first-order valence-electron chi connectivity index (χ1n) is 8.99. The number of hydrogen-bond donors (Lipinski definition) is 1. The Labute approximate surface area is 166 Å². The first-order chi connectivity index (χ1) is 12.9. The molecule has 1 aliphatic rings. The molecule has 1 fully saturated rings. The van der Waals surface area contributed by atoms with Gasteiger partial charge in [-0.25, -0.2) is 8.42 Å². The lowest BCUT2D eigenvalue weighted by Crippen LogP contribution is -2.46. The summed E-state index contributed by atoms with van der Waals surface area (Å²) in [5, 5.41) is 1.78. The lowest BCUT2D eigenvalue weighted by Gasteiger charge is -2.35. The van der Waals surface area contributed by atoms with Crippen molar-refractivity contribution in [2.75, 3.05) is 42.3 Å². The van der Waals surface area contributed by atoms with Gasteiger partial charge in [-0.3, -0.25) is 4.72 Å². The number of sulfonamides is 1. The smallest absolute Gasteiger partial charge is 0.255 e. The van der Waals surface area contributed by atoms with Gasteiger partial charge < -0.3 is 9.80 Å². The van der Waals surface area contributed by atoms with Crippen LogP contribution < -0.4 is 9.62 Å². The first kappa shape index (κ1) is 19.7. The minimum Gasteiger partial charge on any atom is -0.369 e. The molecule has 5 nitrogen and oxygen atoms in total. The van der Waals surface area contributed by atoms with Crippen LogP contribution in [0, 0.1) is 0 Å². The van der Waals surface area contributed by atoms with Gasteiger partial charge in [0, 0.05) is 42.6 Å². The fourth-order valence-electron chi connectivity index (χ4n) is 3.00. The van der Waals surface area contributed by atoms with Crippen LogP contribution in [-0.4, -0.2) is 46.0 Å². The standard InChI is InChI=1S/C20H24ClN3O2S/c1-2-23-12-14-24(15-13-23)20-9-7-19(8-10-20)22-27(25,26)16-11-17-3-5-18(21)6-4-17/h3-11,16,22H,2,12-15H2,1H3/b16-11+. The van der Waals surface area contributed by atoms with Crippen molar-refractivity contribution in [2.24, 2.45) is 0 Å². The normalized spacial score (nSPS) is 16.0. The number of anilines is 2. The number of likely N-dealkylation sites (N-methyl/N-ethyl adjacent to an activating group) is 1. The van der Waals surface area contributed by atoms with Gasteiger partial charge in [0.05, 0.1) is 5.41 Å². The molecule has 0 spiro atoms. The third-order valence-corrected chi connectivity index (χ3v) is 5.89. The second-order valence-corrected chi connectivity index (χ2v) is 8.47. The van der Waals surface area contributed by atoms with Crippen LogP contribution in [0.5, 0.6) is 0 Å². The number of nitrogens with zero attached hydrogens (tertiary/aromatic N) is 2. The van der Waals surface area contributed by atoms with Crippen molar-refractivity contribution in [3.8, 4) is 0 Å². The summed E-state index contributed by atoms with van der Waals surface area (Å²) in [4.78, 5) is 4.75. The second-order valence-electron chi connectivity index (χ2n) is 6.47. The van der Waals surface area contributed by atoms with Gasteiger partial charge in [0.1, 0.15) is 0 Å². The van der Waals surface area contributed by atoms with Crippen molar-refractivity contribution < 1.29 is 8.42 Å². The highest BCUT2D eigenvalue weighted by Crippen LogP contribution is 2.20.